The Labute approximate surface area is 111 Å². The SMILES string of the molecule is COc1cc(N)c(Cl)cc1C(=O)NCC(C)(C)N. The largest absolute Gasteiger partial charge is 0.496 e. The fourth-order valence-electron chi connectivity index (χ4n) is 1.32. The van der Waals surface area contributed by atoms with Crippen LogP contribution in [0.25, 0.3) is 0 Å². The van der Waals surface area contributed by atoms with Crippen LogP contribution in [0, 0.1) is 0 Å². The van der Waals surface area contributed by atoms with Gasteiger partial charge in [-0.05, 0) is 19.9 Å². The first kappa shape index (κ1) is 14.6. The van der Waals surface area contributed by atoms with E-state index in [-0.39, 0.29) is 5.91 Å². The Hall–Kier alpha value is -1.46. The minimum Gasteiger partial charge on any atom is -0.496 e. The zero-order chi connectivity index (χ0) is 13.9. The fourth-order valence-corrected chi connectivity index (χ4v) is 1.48. The maximum atomic E-state index is 12.0. The summed E-state index contributed by atoms with van der Waals surface area (Å²) in [5.74, 6) is 0.0801. The van der Waals surface area contributed by atoms with Gasteiger partial charge in [-0.3, -0.25) is 4.79 Å². The molecule has 0 fully saturated rings. The summed E-state index contributed by atoms with van der Waals surface area (Å²) in [6, 6.07) is 3.00. The van der Waals surface area contributed by atoms with E-state index in [4.69, 9.17) is 27.8 Å². The van der Waals surface area contributed by atoms with Gasteiger partial charge in [0.1, 0.15) is 5.75 Å². The zero-order valence-corrected chi connectivity index (χ0v) is 11.5. The Morgan fingerprint density at radius 3 is 2.61 bits per heavy atom. The van der Waals surface area contributed by atoms with Gasteiger partial charge >= 0.3 is 0 Å². The number of rotatable bonds is 4. The molecule has 0 unspecified atom stereocenters. The van der Waals surface area contributed by atoms with Crippen molar-refractivity contribution in [2.24, 2.45) is 5.73 Å². The van der Waals surface area contributed by atoms with Gasteiger partial charge in [0.2, 0.25) is 0 Å². The van der Waals surface area contributed by atoms with Crippen LogP contribution >= 0.6 is 11.6 Å². The van der Waals surface area contributed by atoms with Crippen LogP contribution in [0.2, 0.25) is 5.02 Å². The third kappa shape index (κ3) is 3.78. The van der Waals surface area contributed by atoms with Crippen LogP contribution in [0.15, 0.2) is 12.1 Å². The van der Waals surface area contributed by atoms with Gasteiger partial charge in [-0.15, -0.1) is 0 Å². The van der Waals surface area contributed by atoms with Gasteiger partial charge in [-0.1, -0.05) is 11.6 Å². The van der Waals surface area contributed by atoms with Crippen LogP contribution in [0.5, 0.6) is 5.75 Å². The van der Waals surface area contributed by atoms with E-state index in [9.17, 15) is 4.79 Å². The lowest BCUT2D eigenvalue weighted by atomic mass is 10.1. The van der Waals surface area contributed by atoms with Crippen molar-refractivity contribution < 1.29 is 9.53 Å². The first-order valence-corrected chi connectivity index (χ1v) is 5.82. The monoisotopic (exact) mass is 271 g/mol. The number of benzene rings is 1. The number of carbonyl (C=O) groups is 1. The molecule has 5 N–H and O–H groups in total. The number of nitrogen functional groups attached to an aromatic ring is 1. The summed E-state index contributed by atoms with van der Waals surface area (Å²) in [6.45, 7) is 3.98. The Kier molecular flexibility index (Phi) is 4.43. The normalized spacial score (nSPS) is 11.2. The predicted octanol–water partition coefficient (Wildman–Crippen LogP) is 1.40. The van der Waals surface area contributed by atoms with E-state index in [0.717, 1.165) is 0 Å². The number of methoxy groups -OCH3 is 1. The lowest BCUT2D eigenvalue weighted by Crippen LogP contribution is -2.45. The molecular formula is C12H18ClN3O2. The number of nitrogens with two attached hydrogens (primary N) is 2. The van der Waals surface area contributed by atoms with E-state index in [1.807, 2.05) is 13.8 Å². The van der Waals surface area contributed by atoms with Crippen molar-refractivity contribution in [2.75, 3.05) is 19.4 Å². The average Bonchev–Trinajstić information content (AvgIpc) is 2.28. The van der Waals surface area contributed by atoms with E-state index < -0.39 is 5.54 Å². The molecule has 1 rings (SSSR count). The van der Waals surface area contributed by atoms with Crippen molar-refractivity contribution in [3.63, 3.8) is 0 Å². The Balaban J connectivity index is 2.95. The van der Waals surface area contributed by atoms with E-state index in [1.54, 1.807) is 0 Å². The van der Waals surface area contributed by atoms with E-state index in [2.05, 4.69) is 5.32 Å². The number of halogens is 1. The maximum absolute atomic E-state index is 12.0. The van der Waals surface area contributed by atoms with E-state index in [0.29, 0.717) is 28.6 Å². The standard InChI is InChI=1S/C12H18ClN3O2/c1-12(2,15)6-16-11(17)7-4-8(13)9(14)5-10(7)18-3/h4-5H,6,14-15H2,1-3H3,(H,16,17). The average molecular weight is 272 g/mol. The molecule has 100 valence electrons. The summed E-state index contributed by atoms with van der Waals surface area (Å²) >= 11 is 5.89. The number of nitrogens with one attached hydrogen (secondary N) is 1. The molecule has 5 nitrogen and oxygen atoms in total. The first-order valence-electron chi connectivity index (χ1n) is 5.44. The van der Waals surface area contributed by atoms with Gasteiger partial charge in [0.25, 0.3) is 5.91 Å². The van der Waals surface area contributed by atoms with Gasteiger partial charge in [0.15, 0.2) is 0 Å². The summed E-state index contributed by atoms with van der Waals surface area (Å²) in [5.41, 5.74) is 11.7. The number of anilines is 1. The molecule has 0 atom stereocenters. The number of amides is 1. The molecule has 0 radical (unpaired) electrons. The molecule has 0 aliphatic carbocycles. The fraction of sp³-hybridized carbons (Fsp3) is 0.417. The molecule has 0 aromatic heterocycles. The van der Waals surface area contributed by atoms with Crippen molar-refractivity contribution >= 4 is 23.2 Å². The predicted molar refractivity (Wildman–Crippen MR) is 73.0 cm³/mol. The molecule has 1 aromatic rings. The molecule has 1 amide bonds. The van der Waals surface area contributed by atoms with Gasteiger partial charge < -0.3 is 21.5 Å². The number of hydrogen-bond donors (Lipinski definition) is 3. The molecule has 0 aliphatic rings. The highest BCUT2D eigenvalue weighted by molar-refractivity contribution is 6.33. The maximum Gasteiger partial charge on any atom is 0.255 e. The highest BCUT2D eigenvalue weighted by Gasteiger charge is 2.17. The number of hydrogen-bond acceptors (Lipinski definition) is 4. The van der Waals surface area contributed by atoms with Crippen molar-refractivity contribution in [1.29, 1.82) is 0 Å². The minimum absolute atomic E-state index is 0.299. The summed E-state index contributed by atoms with van der Waals surface area (Å²) in [5, 5.41) is 3.03. The summed E-state index contributed by atoms with van der Waals surface area (Å²) in [4.78, 5) is 12.0. The van der Waals surface area contributed by atoms with Crippen molar-refractivity contribution in [2.45, 2.75) is 19.4 Å². The second-order valence-corrected chi connectivity index (χ2v) is 5.15. The van der Waals surface area contributed by atoms with Crippen molar-refractivity contribution in [3.05, 3.63) is 22.7 Å². The lowest BCUT2D eigenvalue weighted by Gasteiger charge is -2.19. The number of carbonyl (C=O) groups excluding carboxylic acids is 1. The summed E-state index contributed by atoms with van der Waals surface area (Å²) < 4.78 is 5.10. The highest BCUT2D eigenvalue weighted by atomic mass is 35.5. The Morgan fingerprint density at radius 1 is 1.50 bits per heavy atom. The van der Waals surface area contributed by atoms with Gasteiger partial charge in [-0.25, -0.2) is 0 Å². The van der Waals surface area contributed by atoms with Gasteiger partial charge in [0.05, 0.1) is 23.4 Å². The minimum atomic E-state index is -0.486. The van der Waals surface area contributed by atoms with E-state index in [1.165, 1.54) is 19.2 Å². The van der Waals surface area contributed by atoms with Crippen LogP contribution < -0.4 is 21.5 Å². The van der Waals surface area contributed by atoms with Crippen molar-refractivity contribution in [3.8, 4) is 5.75 Å². The second kappa shape index (κ2) is 5.46. The third-order valence-electron chi connectivity index (χ3n) is 2.27. The second-order valence-electron chi connectivity index (χ2n) is 4.75. The molecular weight excluding hydrogens is 254 g/mol. The number of ether oxygens (including phenoxy) is 1. The topological polar surface area (TPSA) is 90.4 Å². The third-order valence-corrected chi connectivity index (χ3v) is 2.60. The van der Waals surface area contributed by atoms with Crippen molar-refractivity contribution in [1.82, 2.24) is 5.32 Å². The van der Waals surface area contributed by atoms with Gasteiger partial charge in [0, 0.05) is 18.2 Å². The highest BCUT2D eigenvalue weighted by Crippen LogP contribution is 2.28. The molecule has 0 saturated heterocycles. The lowest BCUT2D eigenvalue weighted by molar-refractivity contribution is 0.0943. The molecule has 0 bridgehead atoms. The van der Waals surface area contributed by atoms with E-state index >= 15 is 0 Å². The Bertz CT molecular complexity index is 455. The van der Waals surface area contributed by atoms with Crippen LogP contribution in [-0.4, -0.2) is 25.1 Å². The first-order chi connectivity index (χ1) is 8.24. The molecule has 1 aromatic carbocycles. The molecule has 0 saturated carbocycles. The molecule has 0 aliphatic heterocycles. The van der Waals surface area contributed by atoms with Crippen LogP contribution in [0.3, 0.4) is 0 Å². The molecule has 0 spiro atoms. The van der Waals surface area contributed by atoms with Crippen LogP contribution in [0.4, 0.5) is 5.69 Å². The molecule has 6 heteroatoms. The van der Waals surface area contributed by atoms with Crippen LogP contribution in [0.1, 0.15) is 24.2 Å². The summed E-state index contributed by atoms with van der Waals surface area (Å²) in [6.07, 6.45) is 0. The zero-order valence-electron chi connectivity index (χ0n) is 10.7. The summed E-state index contributed by atoms with van der Waals surface area (Å²) in [7, 11) is 1.46. The quantitative estimate of drug-likeness (QED) is 0.722. The van der Waals surface area contributed by atoms with Crippen LogP contribution in [-0.2, 0) is 0 Å². The molecule has 18 heavy (non-hydrogen) atoms. The molecule has 0 heterocycles. The Morgan fingerprint density at radius 2 is 2.11 bits per heavy atom. The van der Waals surface area contributed by atoms with Gasteiger partial charge in [-0.2, -0.15) is 0 Å². The smallest absolute Gasteiger partial charge is 0.255 e.